The van der Waals surface area contributed by atoms with Crippen LogP contribution in [0.25, 0.3) is 0 Å². The summed E-state index contributed by atoms with van der Waals surface area (Å²) in [4.78, 5) is 17.5. The first-order valence-electron chi connectivity index (χ1n) is 6.46. The zero-order valence-electron chi connectivity index (χ0n) is 11.0. The number of hydrogen-bond acceptors (Lipinski definition) is 6. The first-order valence-corrected chi connectivity index (χ1v) is 6.46. The Kier molecular flexibility index (Phi) is 3.41. The molecule has 3 rings (SSSR count). The zero-order valence-corrected chi connectivity index (χ0v) is 11.0. The van der Waals surface area contributed by atoms with Gasteiger partial charge in [0.05, 0.1) is 5.69 Å². The standard InChI is InChI=1S/C13H17N5O/c1-11-16-12(10-19-11)9-17-5-7-18(8-6-17)13-14-3-2-4-15-13/h2-4,10H,5-9H2,1H3. The molecule has 19 heavy (non-hydrogen) atoms. The van der Waals surface area contributed by atoms with Crippen molar-refractivity contribution in [2.75, 3.05) is 31.1 Å². The third kappa shape index (κ3) is 2.90. The Morgan fingerprint density at radius 2 is 1.89 bits per heavy atom. The van der Waals surface area contributed by atoms with Crippen LogP contribution in [0.5, 0.6) is 0 Å². The van der Waals surface area contributed by atoms with E-state index in [9.17, 15) is 0 Å². The van der Waals surface area contributed by atoms with E-state index in [0.29, 0.717) is 0 Å². The van der Waals surface area contributed by atoms with Crippen LogP contribution in [0.3, 0.4) is 0 Å². The van der Waals surface area contributed by atoms with Gasteiger partial charge in [0.1, 0.15) is 6.26 Å². The van der Waals surface area contributed by atoms with Crippen LogP contribution in [0.15, 0.2) is 29.1 Å². The Labute approximate surface area is 112 Å². The van der Waals surface area contributed by atoms with Crippen molar-refractivity contribution in [3.05, 3.63) is 36.3 Å². The molecule has 3 heterocycles. The van der Waals surface area contributed by atoms with Crippen molar-refractivity contribution in [2.45, 2.75) is 13.5 Å². The highest BCUT2D eigenvalue weighted by atomic mass is 16.3. The van der Waals surface area contributed by atoms with Crippen molar-refractivity contribution in [1.29, 1.82) is 0 Å². The van der Waals surface area contributed by atoms with E-state index in [-0.39, 0.29) is 0 Å². The molecule has 0 aromatic carbocycles. The second-order valence-corrected chi connectivity index (χ2v) is 4.67. The van der Waals surface area contributed by atoms with E-state index in [1.165, 1.54) is 0 Å². The second-order valence-electron chi connectivity index (χ2n) is 4.67. The van der Waals surface area contributed by atoms with Crippen molar-refractivity contribution < 1.29 is 4.42 Å². The lowest BCUT2D eigenvalue weighted by atomic mass is 10.3. The summed E-state index contributed by atoms with van der Waals surface area (Å²) in [5.41, 5.74) is 1.00. The van der Waals surface area contributed by atoms with Gasteiger partial charge in [-0.05, 0) is 6.07 Å². The number of rotatable bonds is 3. The monoisotopic (exact) mass is 259 g/mol. The molecule has 0 N–H and O–H groups in total. The van der Waals surface area contributed by atoms with Gasteiger partial charge in [-0.15, -0.1) is 0 Å². The fourth-order valence-electron chi connectivity index (χ4n) is 2.27. The molecule has 1 saturated heterocycles. The molecule has 0 amide bonds. The van der Waals surface area contributed by atoms with Crippen molar-refractivity contribution in [1.82, 2.24) is 19.9 Å². The minimum absolute atomic E-state index is 0.728. The number of aromatic nitrogens is 3. The van der Waals surface area contributed by atoms with Crippen LogP contribution in [0.1, 0.15) is 11.6 Å². The lowest BCUT2D eigenvalue weighted by Crippen LogP contribution is -2.46. The van der Waals surface area contributed by atoms with E-state index in [1.807, 2.05) is 13.0 Å². The van der Waals surface area contributed by atoms with Crippen LogP contribution in [0.4, 0.5) is 5.95 Å². The van der Waals surface area contributed by atoms with Crippen LogP contribution in [0.2, 0.25) is 0 Å². The fraction of sp³-hybridized carbons (Fsp3) is 0.462. The summed E-state index contributed by atoms with van der Waals surface area (Å²) in [5, 5.41) is 0. The van der Waals surface area contributed by atoms with E-state index in [0.717, 1.165) is 50.3 Å². The molecule has 0 aliphatic carbocycles. The van der Waals surface area contributed by atoms with E-state index in [4.69, 9.17) is 4.42 Å². The molecule has 1 aliphatic heterocycles. The molecule has 0 bridgehead atoms. The predicted molar refractivity (Wildman–Crippen MR) is 70.8 cm³/mol. The lowest BCUT2D eigenvalue weighted by Gasteiger charge is -2.34. The van der Waals surface area contributed by atoms with Crippen LogP contribution in [-0.2, 0) is 6.54 Å². The van der Waals surface area contributed by atoms with Crippen LogP contribution >= 0.6 is 0 Å². The summed E-state index contributed by atoms with van der Waals surface area (Å²) in [7, 11) is 0. The Morgan fingerprint density at radius 3 is 2.53 bits per heavy atom. The van der Waals surface area contributed by atoms with Gasteiger partial charge in [-0.25, -0.2) is 15.0 Å². The molecule has 6 nitrogen and oxygen atoms in total. The molecule has 100 valence electrons. The highest BCUT2D eigenvalue weighted by molar-refractivity contribution is 5.29. The van der Waals surface area contributed by atoms with Crippen LogP contribution in [-0.4, -0.2) is 46.0 Å². The van der Waals surface area contributed by atoms with Gasteiger partial charge >= 0.3 is 0 Å². The van der Waals surface area contributed by atoms with E-state index < -0.39 is 0 Å². The Bertz CT molecular complexity index is 519. The number of anilines is 1. The van der Waals surface area contributed by atoms with Gasteiger partial charge in [-0.1, -0.05) is 0 Å². The quantitative estimate of drug-likeness (QED) is 0.822. The molecular formula is C13H17N5O. The minimum Gasteiger partial charge on any atom is -0.449 e. The zero-order chi connectivity index (χ0) is 13.1. The van der Waals surface area contributed by atoms with Gasteiger partial charge in [-0.3, -0.25) is 4.90 Å². The maximum Gasteiger partial charge on any atom is 0.225 e. The molecule has 0 atom stereocenters. The molecule has 1 aliphatic rings. The molecule has 0 unspecified atom stereocenters. The molecule has 6 heteroatoms. The highest BCUT2D eigenvalue weighted by Gasteiger charge is 2.19. The third-order valence-corrected chi connectivity index (χ3v) is 3.26. The number of nitrogens with zero attached hydrogens (tertiary/aromatic N) is 5. The van der Waals surface area contributed by atoms with Crippen molar-refractivity contribution in [3.63, 3.8) is 0 Å². The molecule has 2 aromatic heterocycles. The smallest absolute Gasteiger partial charge is 0.225 e. The topological polar surface area (TPSA) is 58.3 Å². The minimum atomic E-state index is 0.728. The van der Waals surface area contributed by atoms with Gasteiger partial charge < -0.3 is 9.32 Å². The van der Waals surface area contributed by atoms with Crippen molar-refractivity contribution >= 4 is 5.95 Å². The first-order chi connectivity index (χ1) is 9.31. The SMILES string of the molecule is Cc1nc(CN2CCN(c3ncccn3)CC2)co1. The summed E-state index contributed by atoms with van der Waals surface area (Å²) < 4.78 is 5.23. The summed E-state index contributed by atoms with van der Waals surface area (Å²) in [6.45, 7) is 6.59. The molecule has 0 spiro atoms. The molecule has 0 saturated carbocycles. The van der Waals surface area contributed by atoms with Gasteiger partial charge in [0.25, 0.3) is 0 Å². The summed E-state index contributed by atoms with van der Waals surface area (Å²) in [6, 6.07) is 1.84. The maximum absolute atomic E-state index is 5.23. The molecule has 0 radical (unpaired) electrons. The summed E-state index contributed by atoms with van der Waals surface area (Å²) >= 11 is 0. The fourth-order valence-corrected chi connectivity index (χ4v) is 2.27. The van der Waals surface area contributed by atoms with Crippen LogP contribution < -0.4 is 4.90 Å². The maximum atomic E-state index is 5.23. The van der Waals surface area contributed by atoms with Gasteiger partial charge in [-0.2, -0.15) is 0 Å². The van der Waals surface area contributed by atoms with E-state index in [2.05, 4.69) is 24.8 Å². The highest BCUT2D eigenvalue weighted by Crippen LogP contribution is 2.12. The molecule has 2 aromatic rings. The molecule has 1 fully saturated rings. The van der Waals surface area contributed by atoms with Gasteiger partial charge in [0, 0.05) is 52.0 Å². The number of hydrogen-bond donors (Lipinski definition) is 0. The van der Waals surface area contributed by atoms with Gasteiger partial charge in [0.2, 0.25) is 5.95 Å². The normalized spacial score (nSPS) is 16.8. The first kappa shape index (κ1) is 12.1. The average Bonchev–Trinajstić information content (AvgIpc) is 2.86. The summed E-state index contributed by atoms with van der Waals surface area (Å²) in [6.07, 6.45) is 5.31. The Balaban J connectivity index is 1.55. The lowest BCUT2D eigenvalue weighted by molar-refractivity contribution is 0.246. The van der Waals surface area contributed by atoms with Gasteiger partial charge in [0.15, 0.2) is 5.89 Å². The Morgan fingerprint density at radius 1 is 1.16 bits per heavy atom. The number of oxazole rings is 1. The third-order valence-electron chi connectivity index (χ3n) is 3.26. The number of aryl methyl sites for hydroxylation is 1. The number of piperazine rings is 1. The van der Waals surface area contributed by atoms with E-state index >= 15 is 0 Å². The average molecular weight is 259 g/mol. The predicted octanol–water partition coefficient (Wildman–Crippen LogP) is 1.10. The Hall–Kier alpha value is -1.95. The molecular weight excluding hydrogens is 242 g/mol. The van der Waals surface area contributed by atoms with Crippen LogP contribution in [0, 0.1) is 6.92 Å². The largest absolute Gasteiger partial charge is 0.449 e. The van der Waals surface area contributed by atoms with Crippen molar-refractivity contribution in [2.24, 2.45) is 0 Å². The van der Waals surface area contributed by atoms with Crippen molar-refractivity contribution in [3.8, 4) is 0 Å². The van der Waals surface area contributed by atoms with E-state index in [1.54, 1.807) is 18.7 Å². The summed E-state index contributed by atoms with van der Waals surface area (Å²) in [5.74, 6) is 1.55. The second kappa shape index (κ2) is 5.36.